The number of fused-ring (bicyclic) bond motifs is 1. The molecule has 3 aliphatic rings. The monoisotopic (exact) mass is 355 g/mol. The number of carbonyl (C=O) groups excluding carboxylic acids is 4. The molecule has 0 aromatic rings. The SMILES string of the molecule is CN1C(=O)N[C@H]2CS[C@@H](CCCCC(=O)ON3C(=O)CCC3=O)[C@H]21. The Morgan fingerprint density at radius 3 is 2.67 bits per heavy atom. The second-order valence-electron chi connectivity index (χ2n) is 6.32. The van der Waals surface area contributed by atoms with Crippen LogP contribution in [0.15, 0.2) is 0 Å². The first kappa shape index (κ1) is 17.1. The summed E-state index contributed by atoms with van der Waals surface area (Å²) >= 11 is 1.86. The van der Waals surface area contributed by atoms with Crippen molar-refractivity contribution in [3.8, 4) is 0 Å². The first-order valence-corrected chi connectivity index (χ1v) is 9.24. The molecule has 0 aliphatic carbocycles. The van der Waals surface area contributed by atoms with Crippen LogP contribution in [0.4, 0.5) is 4.79 Å². The zero-order chi connectivity index (χ0) is 17.3. The standard InChI is InChI=1S/C15H21N3O5S/c1-17-14-9(16-15(17)22)8-24-10(14)4-2-3-5-13(21)23-18-11(19)6-7-12(18)20/h9-10,14H,2-8H2,1H3,(H,16,22)/t9-,10-,14-/m0/s1. The highest BCUT2D eigenvalue weighted by molar-refractivity contribution is 8.00. The molecule has 3 fully saturated rings. The Hall–Kier alpha value is -1.77. The zero-order valence-electron chi connectivity index (χ0n) is 13.5. The Morgan fingerprint density at radius 2 is 1.96 bits per heavy atom. The van der Waals surface area contributed by atoms with Crippen molar-refractivity contribution in [2.24, 2.45) is 0 Å². The Bertz CT molecular complexity index is 553. The summed E-state index contributed by atoms with van der Waals surface area (Å²) in [4.78, 5) is 52.7. The van der Waals surface area contributed by atoms with E-state index in [9.17, 15) is 19.2 Å². The number of unbranched alkanes of at least 4 members (excludes halogenated alkanes) is 1. The fourth-order valence-electron chi connectivity index (χ4n) is 3.40. The van der Waals surface area contributed by atoms with E-state index >= 15 is 0 Å². The number of rotatable bonds is 6. The molecule has 24 heavy (non-hydrogen) atoms. The van der Waals surface area contributed by atoms with Gasteiger partial charge in [-0.3, -0.25) is 9.59 Å². The zero-order valence-corrected chi connectivity index (χ0v) is 14.3. The average Bonchev–Trinajstić information content (AvgIpc) is 3.17. The second-order valence-corrected chi connectivity index (χ2v) is 7.59. The van der Waals surface area contributed by atoms with Crippen LogP contribution in [0.3, 0.4) is 0 Å². The number of thioether (sulfide) groups is 1. The van der Waals surface area contributed by atoms with E-state index < -0.39 is 17.8 Å². The minimum atomic E-state index is -0.551. The number of urea groups is 1. The molecule has 0 aromatic heterocycles. The third-order valence-corrected chi connectivity index (χ3v) is 6.17. The second kappa shape index (κ2) is 7.00. The lowest BCUT2D eigenvalue weighted by atomic mass is 10.0. The molecule has 3 atom stereocenters. The van der Waals surface area contributed by atoms with Gasteiger partial charge in [0.15, 0.2) is 0 Å². The maximum atomic E-state index is 11.7. The van der Waals surface area contributed by atoms with Crippen LogP contribution in [0.5, 0.6) is 0 Å². The number of nitrogens with zero attached hydrogens (tertiary/aromatic N) is 2. The summed E-state index contributed by atoms with van der Waals surface area (Å²) in [5.41, 5.74) is 0. The van der Waals surface area contributed by atoms with Crippen molar-refractivity contribution >= 4 is 35.6 Å². The van der Waals surface area contributed by atoms with Gasteiger partial charge in [-0.2, -0.15) is 11.8 Å². The summed E-state index contributed by atoms with van der Waals surface area (Å²) in [6.07, 6.45) is 2.77. The lowest BCUT2D eigenvalue weighted by molar-refractivity contribution is -0.197. The van der Waals surface area contributed by atoms with Gasteiger partial charge in [-0.1, -0.05) is 6.42 Å². The molecule has 132 valence electrons. The molecule has 0 aromatic carbocycles. The van der Waals surface area contributed by atoms with E-state index in [2.05, 4.69) is 5.32 Å². The van der Waals surface area contributed by atoms with Crippen LogP contribution >= 0.6 is 11.8 Å². The van der Waals surface area contributed by atoms with Gasteiger partial charge in [-0.15, -0.1) is 5.06 Å². The first-order chi connectivity index (χ1) is 11.5. The molecule has 3 saturated heterocycles. The lowest BCUT2D eigenvalue weighted by Gasteiger charge is -2.23. The van der Waals surface area contributed by atoms with E-state index in [0.717, 1.165) is 18.6 Å². The summed E-state index contributed by atoms with van der Waals surface area (Å²) in [5, 5.41) is 3.94. The quantitative estimate of drug-likeness (QED) is 0.427. The van der Waals surface area contributed by atoms with Crippen molar-refractivity contribution in [2.45, 2.75) is 55.9 Å². The number of imide groups is 1. The van der Waals surface area contributed by atoms with Gasteiger partial charge in [0, 0.05) is 37.3 Å². The molecule has 4 amide bonds. The normalized spacial score (nSPS) is 29.2. The maximum Gasteiger partial charge on any atom is 0.333 e. The highest BCUT2D eigenvalue weighted by Gasteiger charge is 2.46. The highest BCUT2D eigenvalue weighted by Crippen LogP contribution is 2.36. The van der Waals surface area contributed by atoms with Crippen molar-refractivity contribution in [2.75, 3.05) is 12.8 Å². The summed E-state index contributed by atoms with van der Waals surface area (Å²) < 4.78 is 0. The van der Waals surface area contributed by atoms with Crippen LogP contribution in [0.2, 0.25) is 0 Å². The number of hydrogen-bond acceptors (Lipinski definition) is 6. The lowest BCUT2D eigenvalue weighted by Crippen LogP contribution is -2.38. The van der Waals surface area contributed by atoms with Crippen molar-refractivity contribution < 1.29 is 24.0 Å². The molecule has 3 rings (SSSR count). The van der Waals surface area contributed by atoms with Crippen molar-refractivity contribution in [3.05, 3.63) is 0 Å². The van der Waals surface area contributed by atoms with Crippen LogP contribution in [-0.2, 0) is 19.2 Å². The van der Waals surface area contributed by atoms with Gasteiger partial charge >= 0.3 is 12.0 Å². The van der Waals surface area contributed by atoms with Crippen LogP contribution < -0.4 is 5.32 Å². The predicted octanol–water partition coefficient (Wildman–Crippen LogP) is 0.662. The van der Waals surface area contributed by atoms with Crippen LogP contribution in [0.25, 0.3) is 0 Å². The van der Waals surface area contributed by atoms with E-state index in [1.54, 1.807) is 4.90 Å². The van der Waals surface area contributed by atoms with Crippen LogP contribution in [0.1, 0.15) is 38.5 Å². The van der Waals surface area contributed by atoms with E-state index in [1.807, 2.05) is 18.8 Å². The largest absolute Gasteiger partial charge is 0.333 e. The van der Waals surface area contributed by atoms with Gasteiger partial charge in [0.2, 0.25) is 0 Å². The molecule has 0 spiro atoms. The molecule has 1 N–H and O–H groups in total. The number of hydrogen-bond donors (Lipinski definition) is 1. The molecule has 0 radical (unpaired) electrons. The van der Waals surface area contributed by atoms with Crippen LogP contribution in [-0.4, -0.2) is 63.9 Å². The molecular weight excluding hydrogens is 334 g/mol. The topological polar surface area (TPSA) is 96.0 Å². The van der Waals surface area contributed by atoms with Gasteiger partial charge in [0.25, 0.3) is 11.8 Å². The van der Waals surface area contributed by atoms with E-state index in [-0.39, 0.29) is 37.4 Å². The van der Waals surface area contributed by atoms with E-state index in [4.69, 9.17) is 4.84 Å². The minimum absolute atomic E-state index is 0.0150. The smallest absolute Gasteiger partial charge is 0.332 e. The van der Waals surface area contributed by atoms with Crippen molar-refractivity contribution in [1.82, 2.24) is 15.3 Å². The molecule has 0 saturated carbocycles. The first-order valence-electron chi connectivity index (χ1n) is 8.19. The highest BCUT2D eigenvalue weighted by atomic mass is 32.2. The molecule has 3 aliphatic heterocycles. The summed E-state index contributed by atoms with van der Waals surface area (Å²) in [5.74, 6) is -0.538. The number of nitrogens with one attached hydrogen (secondary N) is 1. The minimum Gasteiger partial charge on any atom is -0.332 e. The molecule has 0 unspecified atom stereocenters. The summed E-state index contributed by atoms with van der Waals surface area (Å²) in [7, 11) is 1.82. The molecule has 9 heteroatoms. The van der Waals surface area contributed by atoms with Crippen molar-refractivity contribution in [3.63, 3.8) is 0 Å². The fraction of sp³-hybridized carbons (Fsp3) is 0.733. The Morgan fingerprint density at radius 1 is 1.25 bits per heavy atom. The van der Waals surface area contributed by atoms with Gasteiger partial charge in [0.1, 0.15) is 0 Å². The average molecular weight is 355 g/mol. The number of carbonyl (C=O) groups is 4. The Labute approximate surface area is 144 Å². The van der Waals surface area contributed by atoms with Gasteiger partial charge < -0.3 is 15.1 Å². The fourth-order valence-corrected chi connectivity index (χ4v) is 5.04. The maximum absolute atomic E-state index is 11.7. The Balaban J connectivity index is 1.37. The summed E-state index contributed by atoms with van der Waals surface area (Å²) in [6.45, 7) is 0. The van der Waals surface area contributed by atoms with Gasteiger partial charge in [-0.05, 0) is 12.8 Å². The Kier molecular flexibility index (Phi) is 4.98. The van der Waals surface area contributed by atoms with Gasteiger partial charge in [0.05, 0.1) is 12.1 Å². The molecular formula is C15H21N3O5S. The number of amides is 4. The molecule has 8 nitrogen and oxygen atoms in total. The molecule has 3 heterocycles. The van der Waals surface area contributed by atoms with Crippen molar-refractivity contribution in [1.29, 1.82) is 0 Å². The van der Waals surface area contributed by atoms with E-state index in [1.165, 1.54) is 0 Å². The van der Waals surface area contributed by atoms with Crippen LogP contribution in [0, 0.1) is 0 Å². The third-order valence-electron chi connectivity index (χ3n) is 4.68. The third kappa shape index (κ3) is 3.35. The number of hydroxylamine groups is 2. The molecule has 0 bridgehead atoms. The van der Waals surface area contributed by atoms with E-state index in [0.29, 0.717) is 16.7 Å². The summed E-state index contributed by atoms with van der Waals surface area (Å²) in [6, 6.07) is 0.419. The van der Waals surface area contributed by atoms with Gasteiger partial charge in [-0.25, -0.2) is 9.59 Å². The predicted molar refractivity (Wildman–Crippen MR) is 85.8 cm³/mol. The number of likely N-dealkylation sites (N-methyl/N-ethyl adjacent to an activating group) is 1.